The number of carbonyl (C=O) groups is 1. The van der Waals surface area contributed by atoms with Crippen molar-refractivity contribution < 1.29 is 14.1 Å². The summed E-state index contributed by atoms with van der Waals surface area (Å²) >= 11 is 0. The number of hydrogen-bond donors (Lipinski definition) is 0. The molecule has 0 radical (unpaired) electrons. The first-order valence-corrected chi connectivity index (χ1v) is 9.22. The number of methoxy groups -OCH3 is 1. The van der Waals surface area contributed by atoms with Gasteiger partial charge in [0.15, 0.2) is 0 Å². The zero-order valence-corrected chi connectivity index (χ0v) is 15.9. The summed E-state index contributed by atoms with van der Waals surface area (Å²) in [7, 11) is 1.69. The molecule has 4 rings (SSSR count). The van der Waals surface area contributed by atoms with Gasteiger partial charge in [0.1, 0.15) is 5.75 Å². The van der Waals surface area contributed by atoms with Crippen molar-refractivity contribution in [2.24, 2.45) is 0 Å². The van der Waals surface area contributed by atoms with Crippen LogP contribution < -0.4 is 4.74 Å². The molecular formula is C21H23N3O3. The number of aromatic nitrogens is 2. The van der Waals surface area contributed by atoms with Gasteiger partial charge in [-0.15, -0.1) is 0 Å². The van der Waals surface area contributed by atoms with Gasteiger partial charge in [-0.25, -0.2) is 0 Å². The van der Waals surface area contributed by atoms with Crippen LogP contribution in [0.5, 0.6) is 5.75 Å². The van der Waals surface area contributed by atoms with E-state index in [1.54, 1.807) is 13.2 Å². The quantitative estimate of drug-likeness (QED) is 0.705. The molecule has 1 aromatic carbocycles. The van der Waals surface area contributed by atoms with Crippen molar-refractivity contribution in [3.05, 3.63) is 53.2 Å². The second-order valence-corrected chi connectivity index (χ2v) is 7.15. The van der Waals surface area contributed by atoms with Crippen LogP contribution in [0.4, 0.5) is 0 Å². The predicted octanol–water partition coefficient (Wildman–Crippen LogP) is 3.87. The Bertz CT molecular complexity index is 996. The highest BCUT2D eigenvalue weighted by Crippen LogP contribution is 2.32. The van der Waals surface area contributed by atoms with Crippen LogP contribution in [-0.4, -0.2) is 41.1 Å². The topological polar surface area (TPSA) is 68.5 Å². The van der Waals surface area contributed by atoms with Gasteiger partial charge in [-0.05, 0) is 55.8 Å². The molecule has 1 saturated heterocycles. The molecule has 3 heterocycles. The van der Waals surface area contributed by atoms with Crippen molar-refractivity contribution in [3.8, 4) is 5.75 Å². The maximum atomic E-state index is 12.7. The number of rotatable bonds is 3. The largest absolute Gasteiger partial charge is 0.496 e. The molecule has 1 fully saturated rings. The number of pyridine rings is 1. The minimum Gasteiger partial charge on any atom is -0.496 e. The van der Waals surface area contributed by atoms with Crippen molar-refractivity contribution >= 4 is 16.7 Å². The number of carbonyl (C=O) groups excluding carboxylic acids is 1. The second kappa shape index (κ2) is 7.02. The lowest BCUT2D eigenvalue weighted by molar-refractivity contribution is 0.0664. The van der Waals surface area contributed by atoms with Crippen molar-refractivity contribution in [1.82, 2.24) is 15.0 Å². The molecule has 0 bridgehead atoms. The highest BCUT2D eigenvalue weighted by molar-refractivity contribution is 5.91. The summed E-state index contributed by atoms with van der Waals surface area (Å²) in [5, 5.41) is 6.07. The Kier molecular flexibility index (Phi) is 4.56. The van der Waals surface area contributed by atoms with Gasteiger partial charge < -0.3 is 14.2 Å². The molecule has 6 heteroatoms. The summed E-state index contributed by atoms with van der Waals surface area (Å²) in [6.45, 7) is 5.25. The fourth-order valence-electron chi connectivity index (χ4n) is 3.83. The van der Waals surface area contributed by atoms with E-state index in [1.807, 2.05) is 30.2 Å². The van der Waals surface area contributed by atoms with Crippen molar-refractivity contribution in [1.29, 1.82) is 0 Å². The molecule has 0 spiro atoms. The Hall–Kier alpha value is -2.89. The van der Waals surface area contributed by atoms with E-state index in [2.05, 4.69) is 23.1 Å². The first-order valence-electron chi connectivity index (χ1n) is 9.22. The summed E-state index contributed by atoms with van der Waals surface area (Å²) in [6.07, 6.45) is 3.87. The van der Waals surface area contributed by atoms with Crippen molar-refractivity contribution in [2.75, 3.05) is 20.2 Å². The Labute approximate surface area is 158 Å². The molecule has 0 unspecified atom stereocenters. The molecule has 27 heavy (non-hydrogen) atoms. The van der Waals surface area contributed by atoms with E-state index in [0.29, 0.717) is 18.0 Å². The third-order valence-electron chi connectivity index (χ3n) is 5.33. The number of aryl methyl sites for hydroxylation is 2. The van der Waals surface area contributed by atoms with Gasteiger partial charge in [-0.1, -0.05) is 5.16 Å². The molecule has 2 aromatic heterocycles. The SMILES string of the molecule is COc1ccc2cnc([C@H]3CCCN(C(=O)c4cc(C)no4)C3)cc2c1C. The third-order valence-corrected chi connectivity index (χ3v) is 5.33. The smallest absolute Gasteiger partial charge is 0.292 e. The van der Waals surface area contributed by atoms with Crippen LogP contribution in [0.25, 0.3) is 10.8 Å². The zero-order chi connectivity index (χ0) is 19.0. The maximum Gasteiger partial charge on any atom is 0.292 e. The van der Waals surface area contributed by atoms with Crippen LogP contribution in [0, 0.1) is 13.8 Å². The Morgan fingerprint density at radius 2 is 2.15 bits per heavy atom. The van der Waals surface area contributed by atoms with Crippen LogP contribution in [0.15, 0.2) is 35.0 Å². The monoisotopic (exact) mass is 365 g/mol. The van der Waals surface area contributed by atoms with Gasteiger partial charge >= 0.3 is 0 Å². The van der Waals surface area contributed by atoms with E-state index < -0.39 is 0 Å². The standard InChI is InChI=1S/C21H23N3O3/c1-13-9-20(27-23-13)21(25)24-8-4-5-16(12-24)18-10-17-14(2)19(26-3)7-6-15(17)11-22-18/h6-7,9-11,16H,4-5,8,12H2,1-3H3/t16-/m0/s1. The fraction of sp³-hybridized carbons (Fsp3) is 0.381. The zero-order valence-electron chi connectivity index (χ0n) is 15.9. The summed E-state index contributed by atoms with van der Waals surface area (Å²) in [5.41, 5.74) is 2.84. The number of hydrogen-bond acceptors (Lipinski definition) is 5. The van der Waals surface area contributed by atoms with E-state index in [0.717, 1.165) is 47.2 Å². The number of piperidine rings is 1. The van der Waals surface area contributed by atoms with E-state index in [9.17, 15) is 4.79 Å². The van der Waals surface area contributed by atoms with Gasteiger partial charge in [-0.3, -0.25) is 9.78 Å². The third kappa shape index (κ3) is 3.27. The molecule has 140 valence electrons. The average molecular weight is 365 g/mol. The van der Waals surface area contributed by atoms with Gasteiger partial charge in [0.25, 0.3) is 5.91 Å². The summed E-state index contributed by atoms with van der Waals surface area (Å²) in [4.78, 5) is 19.2. The summed E-state index contributed by atoms with van der Waals surface area (Å²) < 4.78 is 10.6. The number of likely N-dealkylation sites (tertiary alicyclic amines) is 1. The second-order valence-electron chi connectivity index (χ2n) is 7.15. The van der Waals surface area contributed by atoms with Gasteiger partial charge in [0.2, 0.25) is 5.76 Å². The number of ether oxygens (including phenoxy) is 1. The van der Waals surface area contributed by atoms with Gasteiger partial charge in [0.05, 0.1) is 12.8 Å². The van der Waals surface area contributed by atoms with E-state index in [4.69, 9.17) is 9.26 Å². The minimum atomic E-state index is -0.0982. The lowest BCUT2D eigenvalue weighted by Gasteiger charge is -2.32. The van der Waals surface area contributed by atoms with Crippen molar-refractivity contribution in [2.45, 2.75) is 32.6 Å². The van der Waals surface area contributed by atoms with Gasteiger partial charge in [-0.2, -0.15) is 0 Å². The summed E-state index contributed by atoms with van der Waals surface area (Å²) in [5.74, 6) is 1.29. The Morgan fingerprint density at radius 1 is 1.30 bits per heavy atom. The number of fused-ring (bicyclic) bond motifs is 1. The fourth-order valence-corrected chi connectivity index (χ4v) is 3.83. The van der Waals surface area contributed by atoms with Gasteiger partial charge in [0, 0.05) is 42.4 Å². The minimum absolute atomic E-state index is 0.0982. The number of amides is 1. The highest BCUT2D eigenvalue weighted by Gasteiger charge is 2.28. The van der Waals surface area contributed by atoms with Crippen LogP contribution in [0.2, 0.25) is 0 Å². The number of benzene rings is 1. The molecule has 1 atom stereocenters. The number of nitrogens with zero attached hydrogens (tertiary/aromatic N) is 3. The molecule has 1 aliphatic rings. The highest BCUT2D eigenvalue weighted by atomic mass is 16.5. The molecular weight excluding hydrogens is 342 g/mol. The molecule has 1 amide bonds. The lowest BCUT2D eigenvalue weighted by Crippen LogP contribution is -2.39. The maximum absolute atomic E-state index is 12.7. The molecule has 0 aliphatic carbocycles. The Balaban J connectivity index is 1.61. The van der Waals surface area contributed by atoms with Crippen LogP contribution in [-0.2, 0) is 0 Å². The van der Waals surface area contributed by atoms with Crippen LogP contribution in [0.3, 0.4) is 0 Å². The summed E-state index contributed by atoms with van der Waals surface area (Å²) in [6, 6.07) is 7.83. The first kappa shape index (κ1) is 17.5. The normalized spacial score (nSPS) is 17.3. The van der Waals surface area contributed by atoms with Crippen LogP contribution in [0.1, 0.15) is 46.3 Å². The van der Waals surface area contributed by atoms with Crippen LogP contribution >= 0.6 is 0 Å². The lowest BCUT2D eigenvalue weighted by atomic mass is 9.92. The molecule has 6 nitrogen and oxygen atoms in total. The van der Waals surface area contributed by atoms with E-state index in [1.165, 1.54) is 0 Å². The molecule has 0 N–H and O–H groups in total. The molecule has 3 aromatic rings. The average Bonchev–Trinajstić information content (AvgIpc) is 3.14. The van der Waals surface area contributed by atoms with Crippen molar-refractivity contribution in [3.63, 3.8) is 0 Å². The predicted molar refractivity (Wildman–Crippen MR) is 102 cm³/mol. The molecule has 0 saturated carbocycles. The first-order chi connectivity index (χ1) is 13.1. The Morgan fingerprint density at radius 3 is 2.89 bits per heavy atom. The molecule has 1 aliphatic heterocycles. The van der Waals surface area contributed by atoms with E-state index >= 15 is 0 Å². The van der Waals surface area contributed by atoms with E-state index in [-0.39, 0.29) is 11.8 Å².